The van der Waals surface area contributed by atoms with E-state index in [0.29, 0.717) is 11.1 Å². The van der Waals surface area contributed by atoms with Gasteiger partial charge in [0.25, 0.3) is 11.8 Å². The first-order valence-electron chi connectivity index (χ1n) is 6.16. The maximum atomic E-state index is 11.9. The third-order valence-electron chi connectivity index (χ3n) is 2.70. The number of anilines is 2. The average Bonchev–Trinajstić information content (AvgIpc) is 3.21. The van der Waals surface area contributed by atoms with Crippen molar-refractivity contribution in [2.24, 2.45) is 0 Å². The lowest BCUT2D eigenvalue weighted by Crippen LogP contribution is -2.15. The molecule has 0 bridgehead atoms. The molecule has 0 spiro atoms. The fraction of sp³-hybridized carbons (Fsp3) is 0. The van der Waals surface area contributed by atoms with E-state index < -0.39 is 0 Å². The molecular weight excluding hydrogens is 288 g/mol. The summed E-state index contributed by atoms with van der Waals surface area (Å²) in [6.07, 6.45) is 2.57. The van der Waals surface area contributed by atoms with Crippen LogP contribution in [0.3, 0.4) is 0 Å². The minimum atomic E-state index is -0.362. The first-order valence-corrected chi connectivity index (χ1v) is 6.16. The zero-order valence-corrected chi connectivity index (χ0v) is 11.1. The van der Waals surface area contributed by atoms with E-state index in [0.717, 1.165) is 0 Å². The second-order valence-electron chi connectivity index (χ2n) is 4.15. The molecule has 2 amide bonds. The Morgan fingerprint density at radius 1 is 0.773 bits per heavy atom. The van der Waals surface area contributed by atoms with E-state index in [1.807, 2.05) is 0 Å². The first-order chi connectivity index (χ1) is 10.7. The van der Waals surface area contributed by atoms with E-state index >= 15 is 0 Å². The monoisotopic (exact) mass is 298 g/mol. The number of nitrogens with zero attached hydrogens (tertiary/aromatic N) is 4. The Labute approximate surface area is 123 Å². The van der Waals surface area contributed by atoms with Gasteiger partial charge in [0.05, 0.1) is 0 Å². The van der Waals surface area contributed by atoms with Crippen molar-refractivity contribution in [2.75, 3.05) is 10.6 Å². The molecule has 2 aromatic heterocycles. The lowest BCUT2D eigenvalue weighted by atomic mass is 10.1. The molecule has 2 heterocycles. The van der Waals surface area contributed by atoms with Gasteiger partial charge in [-0.1, -0.05) is 0 Å². The SMILES string of the molecule is O=C(Nc1ncn[nH]1)c1ccc(C(=O)Nc2ncn[nH]2)cc1. The van der Waals surface area contributed by atoms with Gasteiger partial charge in [0, 0.05) is 11.1 Å². The number of carbonyl (C=O) groups excluding carboxylic acids is 2. The molecular formula is C12H10N8O2. The summed E-state index contributed by atoms with van der Waals surface area (Å²) in [6.45, 7) is 0. The second-order valence-corrected chi connectivity index (χ2v) is 4.15. The lowest BCUT2D eigenvalue weighted by molar-refractivity contribution is 0.101. The fourth-order valence-electron chi connectivity index (χ4n) is 1.66. The highest BCUT2D eigenvalue weighted by atomic mass is 16.2. The zero-order chi connectivity index (χ0) is 15.4. The largest absolute Gasteiger partial charge is 0.291 e. The van der Waals surface area contributed by atoms with Gasteiger partial charge in [0.1, 0.15) is 12.7 Å². The van der Waals surface area contributed by atoms with Crippen LogP contribution in [0.2, 0.25) is 0 Å². The summed E-state index contributed by atoms with van der Waals surface area (Å²) in [6, 6.07) is 6.12. The molecule has 0 fully saturated rings. The quantitative estimate of drug-likeness (QED) is 0.550. The van der Waals surface area contributed by atoms with Gasteiger partial charge >= 0.3 is 0 Å². The molecule has 110 valence electrons. The van der Waals surface area contributed by atoms with Gasteiger partial charge < -0.3 is 0 Å². The van der Waals surface area contributed by atoms with Gasteiger partial charge in [0.2, 0.25) is 11.9 Å². The van der Waals surface area contributed by atoms with Gasteiger partial charge in [-0.05, 0) is 24.3 Å². The molecule has 10 heteroatoms. The highest BCUT2D eigenvalue weighted by Crippen LogP contribution is 2.08. The molecule has 22 heavy (non-hydrogen) atoms. The van der Waals surface area contributed by atoms with Crippen LogP contribution in [0.25, 0.3) is 0 Å². The first kappa shape index (κ1) is 13.4. The number of H-pyrrole nitrogens is 2. The molecule has 0 unspecified atom stereocenters. The third-order valence-corrected chi connectivity index (χ3v) is 2.70. The molecule has 0 saturated heterocycles. The molecule has 3 aromatic rings. The van der Waals surface area contributed by atoms with Crippen molar-refractivity contribution in [1.29, 1.82) is 0 Å². The van der Waals surface area contributed by atoms with Crippen LogP contribution >= 0.6 is 0 Å². The molecule has 0 aliphatic rings. The fourth-order valence-corrected chi connectivity index (χ4v) is 1.66. The number of amides is 2. The molecule has 0 saturated carbocycles. The number of aromatic amines is 2. The van der Waals surface area contributed by atoms with Crippen LogP contribution in [0, 0.1) is 0 Å². The van der Waals surface area contributed by atoms with Crippen LogP contribution in [-0.4, -0.2) is 42.2 Å². The molecule has 1 aromatic carbocycles. The average molecular weight is 298 g/mol. The van der Waals surface area contributed by atoms with Gasteiger partial charge in [-0.2, -0.15) is 20.2 Å². The number of hydrogen-bond acceptors (Lipinski definition) is 6. The van der Waals surface area contributed by atoms with Crippen molar-refractivity contribution >= 4 is 23.7 Å². The summed E-state index contributed by atoms with van der Waals surface area (Å²) < 4.78 is 0. The van der Waals surface area contributed by atoms with Crippen molar-refractivity contribution < 1.29 is 9.59 Å². The number of benzene rings is 1. The van der Waals surface area contributed by atoms with Crippen LogP contribution in [-0.2, 0) is 0 Å². The maximum Gasteiger partial charge on any atom is 0.258 e. The number of rotatable bonds is 4. The van der Waals surface area contributed by atoms with Crippen LogP contribution in [0.1, 0.15) is 20.7 Å². The smallest absolute Gasteiger partial charge is 0.258 e. The highest BCUT2D eigenvalue weighted by Gasteiger charge is 2.11. The Morgan fingerprint density at radius 3 is 1.50 bits per heavy atom. The number of aromatic nitrogens is 6. The van der Waals surface area contributed by atoms with Crippen molar-refractivity contribution in [3.8, 4) is 0 Å². The van der Waals surface area contributed by atoms with Gasteiger partial charge in [-0.3, -0.25) is 20.2 Å². The number of hydrogen-bond donors (Lipinski definition) is 4. The van der Waals surface area contributed by atoms with E-state index in [-0.39, 0.29) is 23.7 Å². The Kier molecular flexibility index (Phi) is 3.56. The molecule has 4 N–H and O–H groups in total. The van der Waals surface area contributed by atoms with E-state index in [1.54, 1.807) is 0 Å². The van der Waals surface area contributed by atoms with Gasteiger partial charge in [-0.25, -0.2) is 10.2 Å². The van der Waals surface area contributed by atoms with Crippen LogP contribution < -0.4 is 10.6 Å². The summed E-state index contributed by atoms with van der Waals surface area (Å²) in [5.41, 5.74) is 0.764. The van der Waals surface area contributed by atoms with Crippen molar-refractivity contribution in [3.63, 3.8) is 0 Å². The van der Waals surface area contributed by atoms with Crippen molar-refractivity contribution in [3.05, 3.63) is 48.0 Å². The summed E-state index contributed by atoms with van der Waals surface area (Å²) >= 11 is 0. The minimum absolute atomic E-state index is 0.247. The Hall–Kier alpha value is -3.56. The highest BCUT2D eigenvalue weighted by molar-refractivity contribution is 6.06. The standard InChI is InChI=1S/C12H10N8O2/c21-9(17-11-13-5-15-19-11)7-1-2-8(4-3-7)10(22)18-12-14-6-16-20-12/h1-6H,(H2,13,15,17,19,21)(H2,14,16,18,20,22). The van der Waals surface area contributed by atoms with Gasteiger partial charge in [0.15, 0.2) is 0 Å². The maximum absolute atomic E-state index is 11.9. The van der Waals surface area contributed by atoms with Crippen LogP contribution in [0.15, 0.2) is 36.9 Å². The molecule has 3 rings (SSSR count). The predicted molar refractivity (Wildman–Crippen MR) is 75.1 cm³/mol. The third kappa shape index (κ3) is 2.95. The van der Waals surface area contributed by atoms with Crippen molar-refractivity contribution in [2.45, 2.75) is 0 Å². The van der Waals surface area contributed by atoms with E-state index in [4.69, 9.17) is 0 Å². The number of carbonyl (C=O) groups is 2. The summed E-state index contributed by atoms with van der Waals surface area (Å²) in [5.74, 6) is -0.229. The topological polar surface area (TPSA) is 141 Å². The minimum Gasteiger partial charge on any atom is -0.291 e. The molecule has 0 atom stereocenters. The summed E-state index contributed by atoms with van der Waals surface area (Å²) in [5, 5.41) is 17.3. The van der Waals surface area contributed by atoms with Gasteiger partial charge in [-0.15, -0.1) is 0 Å². The zero-order valence-electron chi connectivity index (χ0n) is 11.1. The number of nitrogens with one attached hydrogen (secondary N) is 4. The van der Waals surface area contributed by atoms with Crippen LogP contribution in [0.5, 0.6) is 0 Å². The van der Waals surface area contributed by atoms with E-state index in [9.17, 15) is 9.59 Å². The second kappa shape index (κ2) is 5.83. The molecule has 0 aliphatic heterocycles. The van der Waals surface area contributed by atoms with E-state index in [2.05, 4.69) is 41.0 Å². The normalized spacial score (nSPS) is 10.2. The molecule has 0 radical (unpaired) electrons. The predicted octanol–water partition coefficient (Wildman–Crippen LogP) is 0.427. The Bertz CT molecular complexity index is 697. The van der Waals surface area contributed by atoms with E-state index in [1.165, 1.54) is 36.9 Å². The molecule has 10 nitrogen and oxygen atoms in total. The Balaban J connectivity index is 1.67. The summed E-state index contributed by atoms with van der Waals surface area (Å²) in [7, 11) is 0. The lowest BCUT2D eigenvalue weighted by Gasteiger charge is -2.04. The molecule has 0 aliphatic carbocycles. The summed E-state index contributed by atoms with van der Waals surface area (Å²) in [4.78, 5) is 31.4. The van der Waals surface area contributed by atoms with Crippen LogP contribution in [0.4, 0.5) is 11.9 Å². The van der Waals surface area contributed by atoms with Crippen molar-refractivity contribution in [1.82, 2.24) is 30.4 Å². The Morgan fingerprint density at radius 2 is 1.18 bits per heavy atom.